The molecule has 0 heterocycles. The van der Waals surface area contributed by atoms with Gasteiger partial charge in [-0.2, -0.15) is 0 Å². The topological polar surface area (TPSA) is 78.4 Å². The molecule has 0 aliphatic heterocycles. The van der Waals surface area contributed by atoms with Crippen molar-refractivity contribution < 1.29 is 9.66 Å². The van der Waals surface area contributed by atoms with Gasteiger partial charge in [0, 0.05) is 23.7 Å². The van der Waals surface area contributed by atoms with Crippen LogP contribution in [0.4, 0.5) is 5.69 Å². The number of hydrogen-bond acceptors (Lipinski definition) is 4. The van der Waals surface area contributed by atoms with E-state index < -0.39 is 4.92 Å². The molecule has 1 unspecified atom stereocenters. The molecule has 0 radical (unpaired) electrons. The Morgan fingerprint density at radius 3 is 2.57 bits per heavy atom. The number of hydrogen-bond donors (Lipinski definition) is 1. The molecule has 2 N–H and O–H groups in total. The number of non-ortho nitro benzene ring substituents is 1. The van der Waals surface area contributed by atoms with Crippen LogP contribution in [0.2, 0.25) is 0 Å². The molecule has 110 valence electrons. The SMILES string of the molecule is COc1ccc([N+](=O)[O-])cc1C(N)CCc1ccccc1. The summed E-state index contributed by atoms with van der Waals surface area (Å²) in [6.45, 7) is 0. The molecular formula is C16H18N2O3. The predicted octanol–water partition coefficient (Wildman–Crippen LogP) is 3.24. The summed E-state index contributed by atoms with van der Waals surface area (Å²) in [6, 6.07) is 14.2. The van der Waals surface area contributed by atoms with Crippen molar-refractivity contribution in [3.63, 3.8) is 0 Å². The van der Waals surface area contributed by atoms with E-state index in [0.29, 0.717) is 17.7 Å². The number of nitrogens with zero attached hydrogens (tertiary/aromatic N) is 1. The lowest BCUT2D eigenvalue weighted by atomic mass is 9.98. The van der Waals surface area contributed by atoms with Crippen molar-refractivity contribution in [3.05, 3.63) is 69.8 Å². The standard InChI is InChI=1S/C16H18N2O3/c1-21-16-10-8-13(18(19)20)11-14(16)15(17)9-7-12-5-3-2-4-6-12/h2-6,8,10-11,15H,7,9,17H2,1H3. The van der Waals surface area contributed by atoms with Crippen molar-refractivity contribution in [1.29, 1.82) is 0 Å². The normalized spacial score (nSPS) is 11.9. The van der Waals surface area contributed by atoms with Crippen molar-refractivity contribution in [2.45, 2.75) is 18.9 Å². The van der Waals surface area contributed by atoms with Crippen LogP contribution >= 0.6 is 0 Å². The highest BCUT2D eigenvalue weighted by molar-refractivity contribution is 5.45. The maximum atomic E-state index is 10.9. The van der Waals surface area contributed by atoms with Gasteiger partial charge in [-0.3, -0.25) is 10.1 Å². The maximum absolute atomic E-state index is 10.9. The van der Waals surface area contributed by atoms with E-state index >= 15 is 0 Å². The van der Waals surface area contributed by atoms with Crippen LogP contribution < -0.4 is 10.5 Å². The number of nitrogens with two attached hydrogens (primary N) is 1. The Morgan fingerprint density at radius 1 is 1.24 bits per heavy atom. The van der Waals surface area contributed by atoms with Crippen LogP contribution in [0.15, 0.2) is 48.5 Å². The third-order valence-corrected chi connectivity index (χ3v) is 3.41. The highest BCUT2D eigenvalue weighted by atomic mass is 16.6. The summed E-state index contributed by atoms with van der Waals surface area (Å²) in [5, 5.41) is 10.9. The lowest BCUT2D eigenvalue weighted by Crippen LogP contribution is -2.13. The Bertz CT molecular complexity index is 614. The number of benzene rings is 2. The summed E-state index contributed by atoms with van der Waals surface area (Å²) in [4.78, 5) is 10.5. The van der Waals surface area contributed by atoms with Crippen LogP contribution in [-0.2, 0) is 6.42 Å². The van der Waals surface area contributed by atoms with Crippen molar-refractivity contribution in [2.24, 2.45) is 5.73 Å². The minimum atomic E-state index is -0.424. The Balaban J connectivity index is 2.15. The van der Waals surface area contributed by atoms with Gasteiger partial charge in [0.25, 0.3) is 5.69 Å². The molecule has 0 spiro atoms. The summed E-state index contributed by atoms with van der Waals surface area (Å²) >= 11 is 0. The lowest BCUT2D eigenvalue weighted by Gasteiger charge is -2.15. The van der Waals surface area contributed by atoms with Gasteiger partial charge in [0.15, 0.2) is 0 Å². The Morgan fingerprint density at radius 2 is 1.95 bits per heavy atom. The number of ether oxygens (including phenoxy) is 1. The van der Waals surface area contributed by atoms with E-state index in [1.807, 2.05) is 30.3 Å². The van der Waals surface area contributed by atoms with Crippen molar-refractivity contribution >= 4 is 5.69 Å². The molecule has 0 fully saturated rings. The van der Waals surface area contributed by atoms with Crippen LogP contribution in [0.3, 0.4) is 0 Å². The van der Waals surface area contributed by atoms with E-state index in [9.17, 15) is 10.1 Å². The zero-order valence-corrected chi connectivity index (χ0v) is 11.9. The average Bonchev–Trinajstić information content (AvgIpc) is 2.52. The molecule has 21 heavy (non-hydrogen) atoms. The Kier molecular flexibility index (Phi) is 4.90. The molecule has 0 saturated carbocycles. The third kappa shape index (κ3) is 3.79. The molecular weight excluding hydrogens is 268 g/mol. The maximum Gasteiger partial charge on any atom is 0.270 e. The average molecular weight is 286 g/mol. The quantitative estimate of drug-likeness (QED) is 0.653. The molecule has 1 atom stereocenters. The highest BCUT2D eigenvalue weighted by Gasteiger charge is 2.16. The number of rotatable bonds is 6. The Labute approximate surface area is 123 Å². The Hall–Kier alpha value is -2.40. The van der Waals surface area contributed by atoms with E-state index in [1.54, 1.807) is 6.07 Å². The summed E-state index contributed by atoms with van der Waals surface area (Å²) in [7, 11) is 1.54. The first kappa shape index (κ1) is 15.0. The molecule has 0 aliphatic rings. The molecule has 0 aromatic heterocycles. The van der Waals surface area contributed by atoms with E-state index in [4.69, 9.17) is 10.5 Å². The third-order valence-electron chi connectivity index (χ3n) is 3.41. The lowest BCUT2D eigenvalue weighted by molar-refractivity contribution is -0.385. The summed E-state index contributed by atoms with van der Waals surface area (Å²) in [5.74, 6) is 0.584. The second-order valence-electron chi connectivity index (χ2n) is 4.81. The van der Waals surface area contributed by atoms with Gasteiger partial charge in [-0.1, -0.05) is 30.3 Å². The molecule has 5 nitrogen and oxygen atoms in total. The van der Waals surface area contributed by atoms with Crippen LogP contribution in [0.5, 0.6) is 5.75 Å². The van der Waals surface area contributed by atoms with Crippen LogP contribution in [0.25, 0.3) is 0 Å². The van der Waals surface area contributed by atoms with Gasteiger partial charge in [0.1, 0.15) is 5.75 Å². The molecule has 2 aromatic rings. The van der Waals surface area contributed by atoms with E-state index in [-0.39, 0.29) is 11.7 Å². The van der Waals surface area contributed by atoms with Gasteiger partial charge in [0.2, 0.25) is 0 Å². The van der Waals surface area contributed by atoms with Crippen molar-refractivity contribution in [3.8, 4) is 5.75 Å². The van der Waals surface area contributed by atoms with Gasteiger partial charge in [-0.15, -0.1) is 0 Å². The molecule has 2 aromatic carbocycles. The second-order valence-corrected chi connectivity index (χ2v) is 4.81. The van der Waals surface area contributed by atoms with Gasteiger partial charge in [0.05, 0.1) is 12.0 Å². The van der Waals surface area contributed by atoms with E-state index in [0.717, 1.165) is 6.42 Å². The van der Waals surface area contributed by atoms with Gasteiger partial charge in [-0.25, -0.2) is 0 Å². The molecule has 0 amide bonds. The fourth-order valence-electron chi connectivity index (χ4n) is 2.25. The number of methoxy groups -OCH3 is 1. The molecule has 5 heteroatoms. The smallest absolute Gasteiger partial charge is 0.270 e. The fourth-order valence-corrected chi connectivity index (χ4v) is 2.25. The first-order valence-electron chi connectivity index (χ1n) is 6.73. The number of aryl methyl sites for hydroxylation is 1. The molecule has 0 bridgehead atoms. The summed E-state index contributed by atoms with van der Waals surface area (Å²) in [5.41, 5.74) is 8.08. The van der Waals surface area contributed by atoms with Crippen molar-refractivity contribution in [2.75, 3.05) is 7.11 Å². The second kappa shape index (κ2) is 6.85. The first-order valence-corrected chi connectivity index (χ1v) is 6.73. The van der Waals surface area contributed by atoms with Gasteiger partial charge >= 0.3 is 0 Å². The fraction of sp³-hybridized carbons (Fsp3) is 0.250. The van der Waals surface area contributed by atoms with Crippen molar-refractivity contribution in [1.82, 2.24) is 0 Å². The van der Waals surface area contributed by atoms with Gasteiger partial charge in [-0.05, 0) is 24.5 Å². The largest absolute Gasteiger partial charge is 0.496 e. The van der Waals surface area contributed by atoms with Crippen LogP contribution in [0.1, 0.15) is 23.6 Å². The van der Waals surface area contributed by atoms with E-state index in [1.165, 1.54) is 24.8 Å². The highest BCUT2D eigenvalue weighted by Crippen LogP contribution is 2.30. The minimum absolute atomic E-state index is 0.0287. The molecule has 0 saturated heterocycles. The predicted molar refractivity (Wildman–Crippen MR) is 81.3 cm³/mol. The van der Waals surface area contributed by atoms with Crippen LogP contribution in [-0.4, -0.2) is 12.0 Å². The van der Waals surface area contributed by atoms with Crippen LogP contribution in [0, 0.1) is 10.1 Å². The zero-order valence-electron chi connectivity index (χ0n) is 11.9. The molecule has 2 rings (SSSR count). The minimum Gasteiger partial charge on any atom is -0.496 e. The van der Waals surface area contributed by atoms with E-state index in [2.05, 4.69) is 0 Å². The summed E-state index contributed by atoms with van der Waals surface area (Å²) in [6.07, 6.45) is 1.51. The molecule has 0 aliphatic carbocycles. The van der Waals surface area contributed by atoms with Gasteiger partial charge < -0.3 is 10.5 Å². The monoisotopic (exact) mass is 286 g/mol. The zero-order chi connectivity index (χ0) is 15.2. The summed E-state index contributed by atoms with van der Waals surface area (Å²) < 4.78 is 5.25. The number of nitro groups is 1. The number of nitro benzene ring substituents is 1. The first-order chi connectivity index (χ1) is 10.1.